The molecule has 0 aliphatic carbocycles. The van der Waals surface area contributed by atoms with Gasteiger partial charge in [-0.1, -0.05) is 18.2 Å². The first-order chi connectivity index (χ1) is 14.1. The van der Waals surface area contributed by atoms with Crippen molar-refractivity contribution in [1.29, 1.82) is 0 Å². The van der Waals surface area contributed by atoms with Crippen molar-refractivity contribution in [1.82, 2.24) is 29.9 Å². The molecule has 3 heterocycles. The fourth-order valence-electron chi connectivity index (χ4n) is 3.55. The van der Waals surface area contributed by atoms with Gasteiger partial charge in [-0.3, -0.25) is 9.78 Å². The molecule has 0 atom stereocenters. The highest BCUT2D eigenvalue weighted by atomic mass is 16.5. The molecule has 0 amide bonds. The number of nitrogens with one attached hydrogen (secondary N) is 2. The summed E-state index contributed by atoms with van der Waals surface area (Å²) in [5.41, 5.74) is 4.35. The Hall–Kier alpha value is -3.94. The second-order valence-corrected chi connectivity index (χ2v) is 6.80. The molecule has 8 nitrogen and oxygen atoms in total. The zero-order valence-electron chi connectivity index (χ0n) is 16.3. The van der Waals surface area contributed by atoms with Crippen LogP contribution >= 0.6 is 0 Å². The number of H-pyrrole nitrogens is 1. The zero-order chi connectivity index (χ0) is 20.0. The molecule has 144 valence electrons. The van der Waals surface area contributed by atoms with Crippen LogP contribution in [0.25, 0.3) is 33.3 Å². The molecular formula is C21H19N7O. The van der Waals surface area contributed by atoms with Crippen LogP contribution in [-0.2, 0) is 7.05 Å². The van der Waals surface area contributed by atoms with E-state index in [1.807, 2.05) is 56.4 Å². The van der Waals surface area contributed by atoms with Gasteiger partial charge in [0.15, 0.2) is 11.5 Å². The minimum absolute atomic E-state index is 0.609. The maximum Gasteiger partial charge on any atom is 0.164 e. The number of methoxy groups -OCH3 is 1. The molecule has 0 spiro atoms. The van der Waals surface area contributed by atoms with Crippen molar-refractivity contribution < 1.29 is 4.74 Å². The van der Waals surface area contributed by atoms with Gasteiger partial charge in [-0.25, -0.2) is 9.97 Å². The van der Waals surface area contributed by atoms with E-state index in [9.17, 15) is 0 Å². The summed E-state index contributed by atoms with van der Waals surface area (Å²) in [5, 5.41) is 17.0. The molecule has 5 rings (SSSR count). The van der Waals surface area contributed by atoms with E-state index in [0.29, 0.717) is 11.6 Å². The lowest BCUT2D eigenvalue weighted by molar-refractivity contribution is 0.415. The van der Waals surface area contributed by atoms with E-state index >= 15 is 0 Å². The highest BCUT2D eigenvalue weighted by molar-refractivity contribution is 5.96. The lowest BCUT2D eigenvalue weighted by Gasteiger charge is -2.11. The molecule has 5 aromatic rings. The number of hydrogen-bond acceptors (Lipinski definition) is 6. The standard InChI is InChI=1S/C21H19N7O/c1-12-18-20(23-13-6-4-7-14(10-13)29-3)24-19(25-21(18)28(2)27-12)15-8-5-9-17-16(15)11-22-26-17/h4-11H,1-3H3,(H,22,26)(H,23,24,25). The molecule has 0 fully saturated rings. The van der Waals surface area contributed by atoms with Gasteiger partial charge in [0, 0.05) is 29.8 Å². The molecule has 0 unspecified atom stereocenters. The van der Waals surface area contributed by atoms with Crippen LogP contribution in [0.2, 0.25) is 0 Å². The maximum absolute atomic E-state index is 5.34. The minimum atomic E-state index is 0.609. The third-order valence-corrected chi connectivity index (χ3v) is 4.92. The Kier molecular flexibility index (Phi) is 3.90. The van der Waals surface area contributed by atoms with E-state index < -0.39 is 0 Å². The monoisotopic (exact) mass is 385 g/mol. The molecule has 0 aliphatic rings. The number of aromatic amines is 1. The number of ether oxygens (including phenoxy) is 1. The summed E-state index contributed by atoms with van der Waals surface area (Å²) in [4.78, 5) is 9.68. The minimum Gasteiger partial charge on any atom is -0.497 e. The van der Waals surface area contributed by atoms with Crippen molar-refractivity contribution in [3.63, 3.8) is 0 Å². The average Bonchev–Trinajstić information content (AvgIpc) is 3.32. The molecule has 29 heavy (non-hydrogen) atoms. The molecule has 0 radical (unpaired) electrons. The highest BCUT2D eigenvalue weighted by Crippen LogP contribution is 2.32. The number of aromatic nitrogens is 6. The molecular weight excluding hydrogens is 366 g/mol. The Bertz CT molecular complexity index is 1350. The van der Waals surface area contributed by atoms with Gasteiger partial charge in [0.1, 0.15) is 11.6 Å². The summed E-state index contributed by atoms with van der Waals surface area (Å²) in [6, 6.07) is 13.7. The Morgan fingerprint density at radius 2 is 1.97 bits per heavy atom. The Morgan fingerprint density at radius 3 is 2.83 bits per heavy atom. The summed E-state index contributed by atoms with van der Waals surface area (Å²) in [6.45, 7) is 1.96. The van der Waals surface area contributed by atoms with Gasteiger partial charge >= 0.3 is 0 Å². The molecule has 2 N–H and O–H groups in total. The maximum atomic E-state index is 5.34. The summed E-state index contributed by atoms with van der Waals surface area (Å²) < 4.78 is 7.12. The second-order valence-electron chi connectivity index (χ2n) is 6.80. The first kappa shape index (κ1) is 17.2. The normalized spacial score (nSPS) is 11.3. The largest absolute Gasteiger partial charge is 0.497 e. The van der Waals surface area contributed by atoms with Crippen LogP contribution in [-0.4, -0.2) is 37.1 Å². The molecule has 0 saturated carbocycles. The molecule has 3 aromatic heterocycles. The van der Waals surface area contributed by atoms with Crippen LogP contribution in [0.3, 0.4) is 0 Å². The third kappa shape index (κ3) is 2.85. The third-order valence-electron chi connectivity index (χ3n) is 4.92. The highest BCUT2D eigenvalue weighted by Gasteiger charge is 2.18. The van der Waals surface area contributed by atoms with Gasteiger partial charge in [-0.2, -0.15) is 10.2 Å². The number of anilines is 2. The first-order valence-corrected chi connectivity index (χ1v) is 9.19. The number of aryl methyl sites for hydroxylation is 2. The molecule has 2 aromatic carbocycles. The number of hydrogen-bond donors (Lipinski definition) is 2. The molecule has 8 heteroatoms. The molecule has 0 aliphatic heterocycles. The second kappa shape index (κ2) is 6.59. The van der Waals surface area contributed by atoms with Crippen molar-refractivity contribution in [3.05, 3.63) is 54.4 Å². The lowest BCUT2D eigenvalue weighted by Crippen LogP contribution is -2.01. The van der Waals surface area contributed by atoms with Crippen molar-refractivity contribution in [3.8, 4) is 17.1 Å². The fraction of sp³-hybridized carbons (Fsp3) is 0.143. The Labute approximate surface area is 166 Å². The Morgan fingerprint density at radius 1 is 1.10 bits per heavy atom. The summed E-state index contributed by atoms with van der Waals surface area (Å²) in [6.07, 6.45) is 1.79. The van der Waals surface area contributed by atoms with Gasteiger partial charge < -0.3 is 10.1 Å². The van der Waals surface area contributed by atoms with E-state index in [4.69, 9.17) is 14.7 Å². The molecule has 0 saturated heterocycles. The van der Waals surface area contributed by atoms with Crippen LogP contribution in [0, 0.1) is 6.92 Å². The fourth-order valence-corrected chi connectivity index (χ4v) is 3.55. The van der Waals surface area contributed by atoms with E-state index in [1.54, 1.807) is 18.0 Å². The van der Waals surface area contributed by atoms with E-state index in [-0.39, 0.29) is 0 Å². The van der Waals surface area contributed by atoms with Crippen LogP contribution in [0.4, 0.5) is 11.5 Å². The van der Waals surface area contributed by atoms with Gasteiger partial charge in [0.2, 0.25) is 0 Å². The number of fused-ring (bicyclic) bond motifs is 2. The van der Waals surface area contributed by atoms with Crippen molar-refractivity contribution in [2.24, 2.45) is 7.05 Å². The summed E-state index contributed by atoms with van der Waals surface area (Å²) in [7, 11) is 3.54. The predicted molar refractivity (Wildman–Crippen MR) is 112 cm³/mol. The number of nitrogens with zero attached hydrogens (tertiary/aromatic N) is 5. The van der Waals surface area contributed by atoms with Gasteiger partial charge in [-0.15, -0.1) is 0 Å². The van der Waals surface area contributed by atoms with Gasteiger partial charge in [0.05, 0.1) is 29.9 Å². The van der Waals surface area contributed by atoms with E-state index in [1.165, 1.54) is 0 Å². The SMILES string of the molecule is COc1cccc(Nc2nc(-c3cccc4[nH]ncc34)nc3c2c(C)nn3C)c1. The quantitative estimate of drug-likeness (QED) is 0.486. The van der Waals surface area contributed by atoms with Crippen molar-refractivity contribution in [2.75, 3.05) is 12.4 Å². The predicted octanol–water partition coefficient (Wildman–Crippen LogP) is 3.97. The summed E-state index contributed by atoms with van der Waals surface area (Å²) in [5.74, 6) is 2.08. The van der Waals surface area contributed by atoms with Crippen LogP contribution in [0.1, 0.15) is 5.69 Å². The van der Waals surface area contributed by atoms with Gasteiger partial charge in [-0.05, 0) is 25.1 Å². The Balaban J connectivity index is 1.73. The number of benzene rings is 2. The van der Waals surface area contributed by atoms with Crippen molar-refractivity contribution in [2.45, 2.75) is 6.92 Å². The summed E-state index contributed by atoms with van der Waals surface area (Å²) >= 11 is 0. The van der Waals surface area contributed by atoms with Crippen LogP contribution in [0.5, 0.6) is 5.75 Å². The lowest BCUT2D eigenvalue weighted by atomic mass is 10.1. The molecule has 0 bridgehead atoms. The van der Waals surface area contributed by atoms with Crippen LogP contribution in [0.15, 0.2) is 48.7 Å². The van der Waals surface area contributed by atoms with E-state index in [2.05, 4.69) is 20.6 Å². The first-order valence-electron chi connectivity index (χ1n) is 9.19. The van der Waals surface area contributed by atoms with Crippen LogP contribution < -0.4 is 10.1 Å². The number of rotatable bonds is 4. The van der Waals surface area contributed by atoms with Gasteiger partial charge in [0.25, 0.3) is 0 Å². The smallest absolute Gasteiger partial charge is 0.164 e. The van der Waals surface area contributed by atoms with E-state index in [0.717, 1.165) is 44.6 Å². The average molecular weight is 385 g/mol. The zero-order valence-corrected chi connectivity index (χ0v) is 16.3. The topological polar surface area (TPSA) is 93.5 Å². The van der Waals surface area contributed by atoms with Crippen molar-refractivity contribution >= 4 is 33.4 Å².